The second-order valence-corrected chi connectivity index (χ2v) is 7.28. The first-order chi connectivity index (χ1) is 12.3. The van der Waals surface area contributed by atoms with Gasteiger partial charge in [0.05, 0.1) is 18.8 Å². The van der Waals surface area contributed by atoms with E-state index in [2.05, 4.69) is 25.2 Å². The van der Waals surface area contributed by atoms with Gasteiger partial charge in [-0.2, -0.15) is 0 Å². The Hall–Kier alpha value is -2.69. The molecule has 138 valence electrons. The summed E-state index contributed by atoms with van der Waals surface area (Å²) in [5, 5.41) is 3.12. The Morgan fingerprint density at radius 3 is 2.85 bits per heavy atom. The molecule has 5 nitrogen and oxygen atoms in total. The van der Waals surface area contributed by atoms with Crippen LogP contribution < -0.4 is 20.7 Å². The molecule has 0 spiro atoms. The molecular weight excluding hydrogens is 326 g/mol. The van der Waals surface area contributed by atoms with E-state index in [-0.39, 0.29) is 18.6 Å². The number of anilines is 3. The van der Waals surface area contributed by atoms with Gasteiger partial charge in [-0.3, -0.25) is 4.79 Å². The summed E-state index contributed by atoms with van der Waals surface area (Å²) < 4.78 is 5.86. The zero-order chi connectivity index (χ0) is 18.8. The third-order valence-electron chi connectivity index (χ3n) is 4.66. The van der Waals surface area contributed by atoms with Crippen LogP contribution in [0.25, 0.3) is 0 Å². The fraction of sp³-hybridized carbons (Fsp3) is 0.381. The lowest BCUT2D eigenvalue weighted by Gasteiger charge is -2.34. The Balaban J connectivity index is 1.80. The first-order valence-corrected chi connectivity index (χ1v) is 9.05. The Morgan fingerprint density at radius 2 is 2.12 bits per heavy atom. The minimum atomic E-state index is -0.0296. The number of para-hydroxylation sites is 1. The van der Waals surface area contributed by atoms with Gasteiger partial charge in [0.2, 0.25) is 5.91 Å². The molecule has 0 aromatic heterocycles. The largest absolute Gasteiger partial charge is 0.487 e. The molecule has 1 heterocycles. The number of amides is 1. The summed E-state index contributed by atoms with van der Waals surface area (Å²) in [4.78, 5) is 14.8. The summed E-state index contributed by atoms with van der Waals surface area (Å²) in [6.07, 6.45) is 0.00165. The van der Waals surface area contributed by atoms with Gasteiger partial charge in [-0.05, 0) is 43.0 Å². The normalized spacial score (nSPS) is 16.2. The Kier molecular flexibility index (Phi) is 5.07. The van der Waals surface area contributed by atoms with Gasteiger partial charge in [0.1, 0.15) is 11.9 Å². The smallest absolute Gasteiger partial charge is 0.243 e. The first kappa shape index (κ1) is 18.1. The van der Waals surface area contributed by atoms with E-state index in [0.29, 0.717) is 18.2 Å². The number of carbonyl (C=O) groups excluding carboxylic acids is 1. The minimum Gasteiger partial charge on any atom is -0.487 e. The average molecular weight is 353 g/mol. The van der Waals surface area contributed by atoms with E-state index in [9.17, 15) is 4.79 Å². The monoisotopic (exact) mass is 353 g/mol. The van der Waals surface area contributed by atoms with E-state index in [1.165, 1.54) is 0 Å². The number of nitrogens with two attached hydrogens (primary N) is 1. The summed E-state index contributed by atoms with van der Waals surface area (Å²) in [5.74, 6) is 1.05. The number of hydrogen-bond donors (Lipinski definition) is 2. The topological polar surface area (TPSA) is 67.6 Å². The van der Waals surface area contributed by atoms with Gasteiger partial charge < -0.3 is 20.7 Å². The molecule has 1 amide bonds. The summed E-state index contributed by atoms with van der Waals surface area (Å²) in [5.41, 5.74) is 10.6. The quantitative estimate of drug-likeness (QED) is 0.818. The molecule has 1 unspecified atom stereocenters. The van der Waals surface area contributed by atoms with Crippen LogP contribution in [0.3, 0.4) is 0 Å². The number of rotatable bonds is 4. The molecule has 0 radical (unpaired) electrons. The van der Waals surface area contributed by atoms with Crippen molar-refractivity contribution in [2.45, 2.75) is 39.7 Å². The van der Waals surface area contributed by atoms with Crippen molar-refractivity contribution in [2.75, 3.05) is 29.0 Å². The standard InChI is InChI=1S/C21H27N3O2/c1-13(2)17-7-5-6-14(3)21(17)23-20(25)12-24-11-15(4)26-19-10-16(22)8-9-18(19)24/h5-10,13,15H,11-12,22H2,1-4H3,(H,23,25). The van der Waals surface area contributed by atoms with Gasteiger partial charge in [0.25, 0.3) is 0 Å². The van der Waals surface area contributed by atoms with Crippen molar-refractivity contribution in [3.8, 4) is 5.75 Å². The zero-order valence-electron chi connectivity index (χ0n) is 15.9. The van der Waals surface area contributed by atoms with Crippen molar-refractivity contribution in [1.82, 2.24) is 0 Å². The van der Waals surface area contributed by atoms with Crippen molar-refractivity contribution >= 4 is 23.0 Å². The predicted molar refractivity (Wildman–Crippen MR) is 107 cm³/mol. The van der Waals surface area contributed by atoms with E-state index in [4.69, 9.17) is 10.5 Å². The molecule has 1 atom stereocenters. The predicted octanol–water partition coefficient (Wildman–Crippen LogP) is 3.93. The number of carbonyl (C=O) groups is 1. The lowest BCUT2D eigenvalue weighted by atomic mass is 9.98. The van der Waals surface area contributed by atoms with E-state index in [1.807, 2.05) is 49.1 Å². The number of fused-ring (bicyclic) bond motifs is 1. The highest BCUT2D eigenvalue weighted by molar-refractivity contribution is 5.96. The molecule has 2 aromatic rings. The fourth-order valence-corrected chi connectivity index (χ4v) is 3.39. The molecule has 2 aromatic carbocycles. The summed E-state index contributed by atoms with van der Waals surface area (Å²) in [6.45, 7) is 9.22. The SMILES string of the molecule is Cc1cccc(C(C)C)c1NC(=O)CN1CC(C)Oc2cc(N)ccc21. The maximum absolute atomic E-state index is 12.8. The van der Waals surface area contributed by atoms with Gasteiger partial charge >= 0.3 is 0 Å². The van der Waals surface area contributed by atoms with Crippen molar-refractivity contribution in [3.63, 3.8) is 0 Å². The third kappa shape index (κ3) is 3.77. The summed E-state index contributed by atoms with van der Waals surface area (Å²) in [7, 11) is 0. The van der Waals surface area contributed by atoms with Gasteiger partial charge in [-0.1, -0.05) is 32.0 Å². The molecule has 3 rings (SSSR count). The van der Waals surface area contributed by atoms with Crippen LogP contribution >= 0.6 is 0 Å². The molecule has 5 heteroatoms. The van der Waals surface area contributed by atoms with E-state index >= 15 is 0 Å². The molecule has 0 saturated carbocycles. The second kappa shape index (κ2) is 7.28. The van der Waals surface area contributed by atoms with Gasteiger partial charge in [-0.15, -0.1) is 0 Å². The lowest BCUT2D eigenvalue weighted by molar-refractivity contribution is -0.115. The summed E-state index contributed by atoms with van der Waals surface area (Å²) >= 11 is 0. The van der Waals surface area contributed by atoms with Crippen LogP contribution in [0, 0.1) is 6.92 Å². The number of aryl methyl sites for hydroxylation is 1. The number of ether oxygens (including phenoxy) is 1. The van der Waals surface area contributed by atoms with E-state index in [0.717, 1.165) is 28.3 Å². The van der Waals surface area contributed by atoms with Crippen LogP contribution in [0.4, 0.5) is 17.1 Å². The van der Waals surface area contributed by atoms with Crippen molar-refractivity contribution < 1.29 is 9.53 Å². The number of nitrogen functional groups attached to an aromatic ring is 1. The van der Waals surface area contributed by atoms with Gasteiger partial charge in [0, 0.05) is 17.4 Å². The van der Waals surface area contributed by atoms with Crippen molar-refractivity contribution in [2.24, 2.45) is 0 Å². The number of benzene rings is 2. The average Bonchev–Trinajstić information content (AvgIpc) is 2.55. The van der Waals surface area contributed by atoms with Crippen LogP contribution in [0.1, 0.15) is 37.8 Å². The highest BCUT2D eigenvalue weighted by atomic mass is 16.5. The number of nitrogens with one attached hydrogen (secondary N) is 1. The van der Waals surface area contributed by atoms with Crippen molar-refractivity contribution in [3.05, 3.63) is 47.5 Å². The van der Waals surface area contributed by atoms with Crippen LogP contribution in [0.2, 0.25) is 0 Å². The maximum Gasteiger partial charge on any atom is 0.243 e. The fourth-order valence-electron chi connectivity index (χ4n) is 3.39. The van der Waals surface area contributed by atoms with E-state index < -0.39 is 0 Å². The maximum atomic E-state index is 12.8. The van der Waals surface area contributed by atoms with Gasteiger partial charge in [-0.25, -0.2) is 0 Å². The molecule has 0 aliphatic carbocycles. The summed E-state index contributed by atoms with van der Waals surface area (Å²) in [6, 6.07) is 11.7. The van der Waals surface area contributed by atoms with Crippen molar-refractivity contribution in [1.29, 1.82) is 0 Å². The first-order valence-electron chi connectivity index (χ1n) is 9.05. The second-order valence-electron chi connectivity index (χ2n) is 7.28. The molecule has 1 aliphatic heterocycles. The highest BCUT2D eigenvalue weighted by Gasteiger charge is 2.25. The Labute approximate surface area is 155 Å². The van der Waals surface area contributed by atoms with Crippen LogP contribution in [-0.2, 0) is 4.79 Å². The number of nitrogens with zero attached hydrogens (tertiary/aromatic N) is 1. The minimum absolute atomic E-state index is 0.00165. The number of hydrogen-bond acceptors (Lipinski definition) is 4. The highest BCUT2D eigenvalue weighted by Crippen LogP contribution is 2.35. The molecule has 26 heavy (non-hydrogen) atoms. The molecule has 3 N–H and O–H groups in total. The Bertz CT molecular complexity index is 817. The lowest BCUT2D eigenvalue weighted by Crippen LogP contribution is -2.42. The van der Waals surface area contributed by atoms with Crippen LogP contribution in [0.15, 0.2) is 36.4 Å². The molecular formula is C21H27N3O2. The van der Waals surface area contributed by atoms with E-state index in [1.54, 1.807) is 0 Å². The molecule has 0 saturated heterocycles. The van der Waals surface area contributed by atoms with Crippen LogP contribution in [-0.4, -0.2) is 25.1 Å². The third-order valence-corrected chi connectivity index (χ3v) is 4.66. The zero-order valence-corrected chi connectivity index (χ0v) is 15.9. The molecule has 0 fully saturated rings. The molecule has 0 bridgehead atoms. The molecule has 1 aliphatic rings. The van der Waals surface area contributed by atoms with Gasteiger partial charge in [0.15, 0.2) is 0 Å². The van der Waals surface area contributed by atoms with Crippen LogP contribution in [0.5, 0.6) is 5.75 Å². The Morgan fingerprint density at radius 1 is 1.35 bits per heavy atom.